The maximum Gasteiger partial charge on any atom is 0.276 e. The maximum atomic E-state index is 13.3. The summed E-state index contributed by atoms with van der Waals surface area (Å²) in [5.74, 6) is 1.02. The number of thiazole rings is 1. The number of aliphatic hydroxyl groups excluding tert-OH is 1. The van der Waals surface area contributed by atoms with E-state index in [1.807, 2.05) is 11.0 Å². The normalized spacial score (nSPS) is 20.2. The number of rotatable bonds is 5. The minimum absolute atomic E-state index is 0. The first kappa shape index (κ1) is 25.8. The summed E-state index contributed by atoms with van der Waals surface area (Å²) in [6.45, 7) is 5.99. The number of amides is 1. The van der Waals surface area contributed by atoms with Crippen LogP contribution in [0, 0.1) is 0 Å². The molecule has 0 saturated carbocycles. The lowest BCUT2D eigenvalue weighted by molar-refractivity contribution is 0.102. The second-order valence-electron chi connectivity index (χ2n) is 9.43. The number of aliphatic hydroxyl groups is 1. The number of hydrogen-bond acceptors (Lipinski definition) is 11. The summed E-state index contributed by atoms with van der Waals surface area (Å²) in [7, 11) is 0. The highest BCUT2D eigenvalue weighted by atomic mass is 35.5. The standard InChI is InChI=1S/C24H30N8O3S.ClH/c33-16-4-7-32(15-16)20-14-25-13-18(26-20)23(34)27-17-12-19-21(28-22(17)30-5-2-1-3-6-30)29-24(36-19)31-8-10-35-11-9-31;/h12-14,16,33H,1-11,15H2,(H,27,34);1H. The summed E-state index contributed by atoms with van der Waals surface area (Å²) in [4.78, 5) is 38.2. The van der Waals surface area contributed by atoms with Gasteiger partial charge in [-0.2, -0.15) is 4.98 Å². The number of pyridine rings is 1. The van der Waals surface area contributed by atoms with Gasteiger partial charge in [0, 0.05) is 39.3 Å². The molecule has 1 amide bonds. The Morgan fingerprint density at radius 3 is 2.57 bits per heavy atom. The number of carbonyl (C=O) groups is 1. The number of ether oxygens (including phenoxy) is 1. The molecule has 13 heteroatoms. The van der Waals surface area contributed by atoms with Crippen molar-refractivity contribution < 1.29 is 14.6 Å². The van der Waals surface area contributed by atoms with Crippen LogP contribution in [0.15, 0.2) is 18.5 Å². The average Bonchev–Trinajstić information content (AvgIpc) is 3.55. The number of hydrogen-bond donors (Lipinski definition) is 2. The highest BCUT2D eigenvalue weighted by Crippen LogP contribution is 2.35. The van der Waals surface area contributed by atoms with Crippen LogP contribution in [0.5, 0.6) is 0 Å². The van der Waals surface area contributed by atoms with Crippen LogP contribution in [0.4, 0.5) is 22.5 Å². The van der Waals surface area contributed by atoms with Crippen molar-refractivity contribution in [2.45, 2.75) is 31.8 Å². The Morgan fingerprint density at radius 2 is 1.81 bits per heavy atom. The molecule has 0 spiro atoms. The van der Waals surface area contributed by atoms with E-state index in [-0.39, 0.29) is 30.1 Å². The van der Waals surface area contributed by atoms with Gasteiger partial charge in [0.25, 0.3) is 5.91 Å². The third-order valence-corrected chi connectivity index (χ3v) is 7.93. The second kappa shape index (κ2) is 11.3. The zero-order valence-corrected chi connectivity index (χ0v) is 22.1. The molecule has 198 valence electrons. The number of carbonyl (C=O) groups excluding carboxylic acids is 1. The summed E-state index contributed by atoms with van der Waals surface area (Å²) >= 11 is 1.58. The minimum atomic E-state index is -0.379. The Kier molecular flexibility index (Phi) is 7.89. The Labute approximate surface area is 225 Å². The van der Waals surface area contributed by atoms with Crippen molar-refractivity contribution in [1.29, 1.82) is 0 Å². The number of anilines is 4. The van der Waals surface area contributed by atoms with Crippen molar-refractivity contribution in [3.63, 3.8) is 0 Å². The molecule has 1 atom stereocenters. The second-order valence-corrected chi connectivity index (χ2v) is 10.4. The van der Waals surface area contributed by atoms with Gasteiger partial charge in [-0.15, -0.1) is 12.4 Å². The topological polar surface area (TPSA) is 120 Å². The van der Waals surface area contributed by atoms with E-state index in [4.69, 9.17) is 14.7 Å². The van der Waals surface area contributed by atoms with Crippen LogP contribution in [0.1, 0.15) is 36.2 Å². The van der Waals surface area contributed by atoms with E-state index in [2.05, 4.69) is 25.1 Å². The van der Waals surface area contributed by atoms with Crippen molar-refractivity contribution >= 4 is 62.5 Å². The van der Waals surface area contributed by atoms with Crippen LogP contribution in [0.3, 0.4) is 0 Å². The molecular weight excluding hydrogens is 516 g/mol. The van der Waals surface area contributed by atoms with Gasteiger partial charge in [0.1, 0.15) is 11.5 Å². The monoisotopic (exact) mass is 546 g/mol. The first-order valence-electron chi connectivity index (χ1n) is 12.6. The van der Waals surface area contributed by atoms with Gasteiger partial charge in [0.15, 0.2) is 16.6 Å². The van der Waals surface area contributed by atoms with E-state index in [0.717, 1.165) is 54.7 Å². The van der Waals surface area contributed by atoms with Crippen LogP contribution in [-0.4, -0.2) is 89.5 Å². The number of aromatic nitrogens is 4. The van der Waals surface area contributed by atoms with Crippen LogP contribution in [-0.2, 0) is 4.74 Å². The van der Waals surface area contributed by atoms with Gasteiger partial charge in [0.2, 0.25) is 0 Å². The minimum Gasteiger partial charge on any atom is -0.391 e. The smallest absolute Gasteiger partial charge is 0.276 e. The molecule has 2 N–H and O–H groups in total. The molecule has 0 aromatic carbocycles. The molecule has 37 heavy (non-hydrogen) atoms. The molecule has 1 unspecified atom stereocenters. The molecular formula is C24H31ClN8O3S. The van der Waals surface area contributed by atoms with E-state index >= 15 is 0 Å². The van der Waals surface area contributed by atoms with Crippen molar-refractivity contribution in [1.82, 2.24) is 19.9 Å². The number of morpholine rings is 1. The van der Waals surface area contributed by atoms with Crippen LogP contribution in [0.2, 0.25) is 0 Å². The van der Waals surface area contributed by atoms with Crippen molar-refractivity contribution in [3.05, 3.63) is 24.2 Å². The first-order valence-corrected chi connectivity index (χ1v) is 13.4. The van der Waals surface area contributed by atoms with Gasteiger partial charge in [-0.25, -0.2) is 9.97 Å². The van der Waals surface area contributed by atoms with Gasteiger partial charge >= 0.3 is 0 Å². The van der Waals surface area contributed by atoms with Gasteiger partial charge in [-0.1, -0.05) is 11.3 Å². The van der Waals surface area contributed by atoms with Crippen molar-refractivity contribution in [2.24, 2.45) is 0 Å². The molecule has 11 nitrogen and oxygen atoms in total. The largest absolute Gasteiger partial charge is 0.391 e. The molecule has 0 radical (unpaired) electrons. The summed E-state index contributed by atoms with van der Waals surface area (Å²) < 4.78 is 6.41. The number of nitrogens with one attached hydrogen (secondary N) is 1. The van der Waals surface area contributed by atoms with E-state index < -0.39 is 0 Å². The Hall–Kier alpha value is -2.80. The molecule has 3 aliphatic rings. The summed E-state index contributed by atoms with van der Waals surface area (Å²) in [5, 5.41) is 13.9. The summed E-state index contributed by atoms with van der Waals surface area (Å²) in [5.41, 5.74) is 1.60. The number of halogens is 1. The number of fused-ring (bicyclic) bond motifs is 1. The molecule has 3 aliphatic heterocycles. The van der Waals surface area contributed by atoms with E-state index in [1.54, 1.807) is 17.5 Å². The molecule has 0 bridgehead atoms. The van der Waals surface area contributed by atoms with Crippen LogP contribution < -0.4 is 20.0 Å². The predicted octanol–water partition coefficient (Wildman–Crippen LogP) is 2.55. The first-order chi connectivity index (χ1) is 17.6. The third-order valence-electron chi connectivity index (χ3n) is 6.88. The molecule has 3 aromatic rings. The highest BCUT2D eigenvalue weighted by molar-refractivity contribution is 7.22. The van der Waals surface area contributed by atoms with Crippen LogP contribution in [0.25, 0.3) is 10.3 Å². The number of piperidine rings is 1. The Bertz CT molecular complexity index is 1250. The molecule has 3 fully saturated rings. The van der Waals surface area contributed by atoms with Gasteiger partial charge < -0.3 is 29.9 Å². The summed E-state index contributed by atoms with van der Waals surface area (Å²) in [6.07, 6.45) is 6.80. The van der Waals surface area contributed by atoms with Crippen molar-refractivity contribution in [2.75, 3.05) is 72.5 Å². The third kappa shape index (κ3) is 5.57. The molecule has 3 saturated heterocycles. The molecule has 6 rings (SSSR count). The van der Waals surface area contributed by atoms with Gasteiger partial charge in [-0.3, -0.25) is 9.78 Å². The van der Waals surface area contributed by atoms with E-state index in [0.29, 0.717) is 49.9 Å². The zero-order valence-electron chi connectivity index (χ0n) is 20.5. The maximum absolute atomic E-state index is 13.3. The fraction of sp³-hybridized carbons (Fsp3) is 0.542. The molecule has 3 aromatic heterocycles. The highest BCUT2D eigenvalue weighted by Gasteiger charge is 2.25. The SMILES string of the molecule is Cl.O=C(Nc1cc2sc(N3CCOCC3)nc2nc1N1CCCCC1)c1cncc(N2CCC(O)C2)n1. The lowest BCUT2D eigenvalue weighted by atomic mass is 10.1. The zero-order chi connectivity index (χ0) is 24.5. The van der Waals surface area contributed by atoms with Gasteiger partial charge in [0.05, 0.1) is 42.1 Å². The van der Waals surface area contributed by atoms with E-state index in [9.17, 15) is 9.90 Å². The van der Waals surface area contributed by atoms with Crippen molar-refractivity contribution in [3.8, 4) is 0 Å². The van der Waals surface area contributed by atoms with E-state index in [1.165, 1.54) is 12.6 Å². The predicted molar refractivity (Wildman–Crippen MR) is 147 cm³/mol. The lowest BCUT2D eigenvalue weighted by Crippen LogP contribution is -2.36. The summed E-state index contributed by atoms with van der Waals surface area (Å²) in [6, 6.07) is 1.99. The fourth-order valence-corrected chi connectivity index (χ4v) is 5.92. The Morgan fingerprint density at radius 1 is 1.00 bits per heavy atom. The fourth-order valence-electron chi connectivity index (χ4n) is 4.93. The van der Waals surface area contributed by atoms with Crippen LogP contribution >= 0.6 is 23.7 Å². The number of β-amino-alcohol motifs (C(OH)–C–C–N with tert-alkyl or cyclic N) is 1. The quantitative estimate of drug-likeness (QED) is 0.494. The molecule has 0 aliphatic carbocycles. The average molecular weight is 547 g/mol. The lowest BCUT2D eigenvalue weighted by Gasteiger charge is -2.29. The van der Waals surface area contributed by atoms with Gasteiger partial charge in [-0.05, 0) is 31.7 Å². The Balaban J connectivity index is 0.00000280. The number of nitrogens with zero attached hydrogens (tertiary/aromatic N) is 7. The molecule has 6 heterocycles.